The average molecular weight is 383 g/mol. The number of nitrogens with one attached hydrogen (secondary N) is 1. The van der Waals surface area contributed by atoms with Crippen molar-refractivity contribution in [3.8, 4) is 11.4 Å². The predicted octanol–water partition coefficient (Wildman–Crippen LogP) is 2.70. The molecule has 0 aliphatic heterocycles. The molecule has 0 atom stereocenters. The van der Waals surface area contributed by atoms with Crippen LogP contribution >= 0.6 is 0 Å². The minimum atomic E-state index is -4.53. The second-order valence-corrected chi connectivity index (χ2v) is 7.02. The fraction of sp³-hybridized carbons (Fsp3) is 0.133. The quantitative estimate of drug-likeness (QED) is 0.748. The number of anilines is 1. The molecule has 2 aromatic carbocycles. The Labute approximate surface area is 146 Å². The van der Waals surface area contributed by atoms with Crippen LogP contribution in [-0.4, -0.2) is 28.6 Å². The Morgan fingerprint density at radius 2 is 1.77 bits per heavy atom. The molecule has 1 N–H and O–H groups in total. The van der Waals surface area contributed by atoms with Gasteiger partial charge in [-0.15, -0.1) is 5.10 Å². The van der Waals surface area contributed by atoms with Crippen LogP contribution in [0.3, 0.4) is 0 Å². The lowest BCUT2D eigenvalue weighted by Gasteiger charge is -2.11. The molecule has 0 saturated carbocycles. The molecular formula is C15H12F3N5O2S. The molecule has 0 bridgehead atoms. The maximum atomic E-state index is 12.6. The van der Waals surface area contributed by atoms with Crippen LogP contribution in [0.5, 0.6) is 0 Å². The zero-order chi connectivity index (χ0) is 18.9. The van der Waals surface area contributed by atoms with Crippen LogP contribution in [-0.2, 0) is 23.2 Å². The number of tetrazole rings is 1. The molecule has 0 unspecified atom stereocenters. The van der Waals surface area contributed by atoms with E-state index in [1.165, 1.54) is 16.8 Å². The molecule has 0 aliphatic rings. The maximum Gasteiger partial charge on any atom is 0.416 e. The van der Waals surface area contributed by atoms with Crippen molar-refractivity contribution in [2.24, 2.45) is 7.05 Å². The van der Waals surface area contributed by atoms with E-state index < -0.39 is 21.8 Å². The fourth-order valence-corrected chi connectivity index (χ4v) is 3.28. The molecule has 1 heterocycles. The summed E-state index contributed by atoms with van der Waals surface area (Å²) >= 11 is 0. The summed E-state index contributed by atoms with van der Waals surface area (Å²) in [6.45, 7) is 0. The number of hydrogen-bond donors (Lipinski definition) is 1. The number of sulfonamides is 1. The maximum absolute atomic E-state index is 12.6. The first-order valence-electron chi connectivity index (χ1n) is 7.20. The van der Waals surface area contributed by atoms with Crippen LogP contribution < -0.4 is 4.72 Å². The molecule has 136 valence electrons. The molecule has 0 aliphatic carbocycles. The highest BCUT2D eigenvalue weighted by Gasteiger charge is 2.30. The van der Waals surface area contributed by atoms with Crippen molar-refractivity contribution in [2.75, 3.05) is 4.72 Å². The smallest absolute Gasteiger partial charge is 0.280 e. The van der Waals surface area contributed by atoms with Crippen molar-refractivity contribution in [2.45, 2.75) is 11.1 Å². The van der Waals surface area contributed by atoms with Gasteiger partial charge in [0.2, 0.25) is 0 Å². The number of aromatic nitrogens is 4. The number of hydrogen-bond acceptors (Lipinski definition) is 5. The van der Waals surface area contributed by atoms with Crippen molar-refractivity contribution in [3.05, 3.63) is 54.1 Å². The van der Waals surface area contributed by atoms with Gasteiger partial charge in [0.05, 0.1) is 10.5 Å². The van der Waals surface area contributed by atoms with Gasteiger partial charge in [0.15, 0.2) is 5.82 Å². The Kier molecular flexibility index (Phi) is 4.40. The van der Waals surface area contributed by atoms with Crippen LogP contribution in [0.4, 0.5) is 18.9 Å². The summed E-state index contributed by atoms with van der Waals surface area (Å²) in [5.41, 5.74) is -0.122. The van der Waals surface area contributed by atoms with E-state index in [1.54, 1.807) is 19.2 Å². The van der Waals surface area contributed by atoms with Gasteiger partial charge < -0.3 is 0 Å². The second kappa shape index (κ2) is 6.41. The summed E-state index contributed by atoms with van der Waals surface area (Å²) in [7, 11) is -2.41. The molecule has 0 spiro atoms. The van der Waals surface area contributed by atoms with Gasteiger partial charge in [-0.3, -0.25) is 4.72 Å². The lowest BCUT2D eigenvalue weighted by Crippen LogP contribution is -2.13. The lowest BCUT2D eigenvalue weighted by molar-refractivity contribution is -0.137. The monoisotopic (exact) mass is 383 g/mol. The summed E-state index contributed by atoms with van der Waals surface area (Å²) in [6, 6.07) is 9.58. The van der Waals surface area contributed by atoms with Crippen LogP contribution in [0.1, 0.15) is 5.56 Å². The number of rotatable bonds is 4. The van der Waals surface area contributed by atoms with Crippen LogP contribution in [0.25, 0.3) is 11.4 Å². The summed E-state index contributed by atoms with van der Waals surface area (Å²) in [5, 5.41) is 11.0. The van der Waals surface area contributed by atoms with E-state index in [4.69, 9.17) is 0 Å². The first-order chi connectivity index (χ1) is 12.2. The van der Waals surface area contributed by atoms with Gasteiger partial charge in [-0.2, -0.15) is 13.2 Å². The molecule has 26 heavy (non-hydrogen) atoms. The Morgan fingerprint density at radius 1 is 1.08 bits per heavy atom. The minimum Gasteiger partial charge on any atom is -0.280 e. The standard InChI is InChI=1S/C15H12F3N5O2S/c1-23-14(19-21-22-23)10-3-2-4-12(9-10)20-26(24,25)13-7-5-11(6-8-13)15(16,17)18/h2-9,20H,1H3. The van der Waals surface area contributed by atoms with Crippen LogP contribution in [0, 0.1) is 0 Å². The minimum absolute atomic E-state index is 0.227. The highest BCUT2D eigenvalue weighted by molar-refractivity contribution is 7.92. The van der Waals surface area contributed by atoms with E-state index in [0.29, 0.717) is 11.4 Å². The van der Waals surface area contributed by atoms with Crippen molar-refractivity contribution < 1.29 is 21.6 Å². The Morgan fingerprint density at radius 3 is 2.35 bits per heavy atom. The molecule has 0 saturated heterocycles. The van der Waals surface area contributed by atoms with E-state index in [1.807, 2.05) is 0 Å². The van der Waals surface area contributed by atoms with E-state index in [-0.39, 0.29) is 10.6 Å². The second-order valence-electron chi connectivity index (χ2n) is 5.33. The van der Waals surface area contributed by atoms with E-state index in [0.717, 1.165) is 24.3 Å². The molecule has 7 nitrogen and oxygen atoms in total. The molecule has 3 rings (SSSR count). The van der Waals surface area contributed by atoms with Gasteiger partial charge in [0.1, 0.15) is 0 Å². The fourth-order valence-electron chi connectivity index (χ4n) is 2.23. The highest BCUT2D eigenvalue weighted by atomic mass is 32.2. The molecule has 1 aromatic heterocycles. The summed E-state index contributed by atoms with van der Waals surface area (Å²) in [5.74, 6) is 0.431. The third-order valence-electron chi connectivity index (χ3n) is 3.49. The van der Waals surface area contributed by atoms with Crippen molar-refractivity contribution in [1.29, 1.82) is 0 Å². The molecule has 0 amide bonds. The Hall–Kier alpha value is -2.95. The van der Waals surface area contributed by atoms with E-state index in [9.17, 15) is 21.6 Å². The van der Waals surface area contributed by atoms with Gasteiger partial charge in [0.25, 0.3) is 10.0 Å². The first kappa shape index (κ1) is 17.9. The van der Waals surface area contributed by atoms with Crippen LogP contribution in [0.15, 0.2) is 53.4 Å². The number of aryl methyl sites for hydroxylation is 1. The van der Waals surface area contributed by atoms with Crippen molar-refractivity contribution in [3.63, 3.8) is 0 Å². The normalized spacial score (nSPS) is 12.2. The summed E-state index contributed by atoms with van der Waals surface area (Å²) < 4.78 is 66.3. The molecule has 0 fully saturated rings. The van der Waals surface area contributed by atoms with Crippen LogP contribution in [0.2, 0.25) is 0 Å². The van der Waals surface area contributed by atoms with Gasteiger partial charge in [-0.25, -0.2) is 13.1 Å². The van der Waals surface area contributed by atoms with Gasteiger partial charge in [0, 0.05) is 18.3 Å². The SMILES string of the molecule is Cn1nnnc1-c1cccc(NS(=O)(=O)c2ccc(C(F)(F)F)cc2)c1. The summed E-state index contributed by atoms with van der Waals surface area (Å²) in [6.07, 6.45) is -4.53. The third kappa shape index (κ3) is 3.67. The number of benzene rings is 2. The Balaban J connectivity index is 1.87. The van der Waals surface area contributed by atoms with Crippen molar-refractivity contribution in [1.82, 2.24) is 20.2 Å². The van der Waals surface area contributed by atoms with Gasteiger partial charge >= 0.3 is 6.18 Å². The largest absolute Gasteiger partial charge is 0.416 e. The van der Waals surface area contributed by atoms with Gasteiger partial charge in [-0.05, 0) is 46.8 Å². The molecular weight excluding hydrogens is 371 g/mol. The van der Waals surface area contributed by atoms with E-state index in [2.05, 4.69) is 20.2 Å². The first-order valence-corrected chi connectivity index (χ1v) is 8.68. The molecule has 11 heteroatoms. The zero-order valence-corrected chi connectivity index (χ0v) is 14.1. The topological polar surface area (TPSA) is 89.8 Å². The molecule has 0 radical (unpaired) electrons. The summed E-state index contributed by atoms with van der Waals surface area (Å²) in [4.78, 5) is -0.281. The lowest BCUT2D eigenvalue weighted by atomic mass is 10.2. The van der Waals surface area contributed by atoms with Gasteiger partial charge in [-0.1, -0.05) is 12.1 Å². The average Bonchev–Trinajstić information content (AvgIpc) is 3.00. The van der Waals surface area contributed by atoms with Crippen molar-refractivity contribution >= 4 is 15.7 Å². The number of alkyl halides is 3. The Bertz CT molecular complexity index is 1030. The molecule has 3 aromatic rings. The number of nitrogens with zero attached hydrogens (tertiary/aromatic N) is 4. The van der Waals surface area contributed by atoms with E-state index >= 15 is 0 Å². The third-order valence-corrected chi connectivity index (χ3v) is 4.88. The zero-order valence-electron chi connectivity index (χ0n) is 13.3. The number of halogens is 3. The highest BCUT2D eigenvalue weighted by Crippen LogP contribution is 2.30. The predicted molar refractivity (Wildman–Crippen MR) is 86.5 cm³/mol.